The minimum Gasteiger partial charge on any atom is -0.372 e. The molecule has 0 aromatic heterocycles. The van der Waals surface area contributed by atoms with Crippen LogP contribution in [0.2, 0.25) is 0 Å². The van der Waals surface area contributed by atoms with Gasteiger partial charge in [0, 0.05) is 31.9 Å². The zero-order valence-electron chi connectivity index (χ0n) is 18.8. The van der Waals surface area contributed by atoms with Crippen LogP contribution in [0.5, 0.6) is 0 Å². The number of nitrogens with zero attached hydrogens (tertiary/aromatic N) is 2. The SMILES string of the molecule is CCN(C(=O)CN1CC[C@@]2(CCCO2)[C@H](OCc2ccccc2)C1)c1cccc(C)c1. The van der Waals surface area contributed by atoms with Crippen molar-refractivity contribution >= 4 is 11.6 Å². The summed E-state index contributed by atoms with van der Waals surface area (Å²) in [6.07, 6.45) is 3.02. The summed E-state index contributed by atoms with van der Waals surface area (Å²) in [5, 5.41) is 0. The van der Waals surface area contributed by atoms with Gasteiger partial charge in [-0.15, -0.1) is 0 Å². The first kappa shape index (κ1) is 22.0. The Labute approximate surface area is 185 Å². The predicted octanol–water partition coefficient (Wildman–Crippen LogP) is 4.19. The summed E-state index contributed by atoms with van der Waals surface area (Å²) in [6.45, 7) is 8.13. The van der Waals surface area contributed by atoms with Crippen molar-refractivity contribution in [3.63, 3.8) is 0 Å². The van der Waals surface area contributed by atoms with E-state index < -0.39 is 0 Å². The first-order chi connectivity index (χ1) is 15.1. The summed E-state index contributed by atoms with van der Waals surface area (Å²) < 4.78 is 12.7. The molecule has 0 bridgehead atoms. The number of aryl methyl sites for hydroxylation is 1. The third kappa shape index (κ3) is 5.17. The van der Waals surface area contributed by atoms with Gasteiger partial charge >= 0.3 is 0 Å². The molecule has 2 heterocycles. The smallest absolute Gasteiger partial charge is 0.241 e. The van der Waals surface area contributed by atoms with E-state index in [1.807, 2.05) is 42.2 Å². The molecular weight excluding hydrogens is 388 g/mol. The van der Waals surface area contributed by atoms with Crippen LogP contribution < -0.4 is 4.90 Å². The van der Waals surface area contributed by atoms with Crippen LogP contribution in [0.15, 0.2) is 54.6 Å². The van der Waals surface area contributed by atoms with Crippen molar-refractivity contribution < 1.29 is 14.3 Å². The molecule has 0 radical (unpaired) electrons. The number of benzene rings is 2. The van der Waals surface area contributed by atoms with E-state index in [0.29, 0.717) is 19.7 Å². The molecule has 0 N–H and O–H groups in total. The molecule has 2 aromatic rings. The number of amides is 1. The molecule has 1 amide bonds. The molecule has 2 atom stereocenters. The van der Waals surface area contributed by atoms with Gasteiger partial charge in [0.25, 0.3) is 0 Å². The molecule has 166 valence electrons. The second-order valence-corrected chi connectivity index (χ2v) is 8.76. The summed E-state index contributed by atoms with van der Waals surface area (Å²) in [6, 6.07) is 18.4. The van der Waals surface area contributed by atoms with Gasteiger partial charge in [0.15, 0.2) is 0 Å². The zero-order valence-corrected chi connectivity index (χ0v) is 18.8. The third-order valence-corrected chi connectivity index (χ3v) is 6.58. The van der Waals surface area contributed by atoms with Gasteiger partial charge in [-0.2, -0.15) is 0 Å². The van der Waals surface area contributed by atoms with Crippen molar-refractivity contribution in [3.05, 3.63) is 65.7 Å². The predicted molar refractivity (Wildman–Crippen MR) is 123 cm³/mol. The Morgan fingerprint density at radius 3 is 2.74 bits per heavy atom. The van der Waals surface area contributed by atoms with Crippen LogP contribution in [0.4, 0.5) is 5.69 Å². The molecule has 4 rings (SSSR count). The Kier molecular flexibility index (Phi) is 7.06. The number of hydrogen-bond donors (Lipinski definition) is 0. The van der Waals surface area contributed by atoms with Gasteiger partial charge in [-0.3, -0.25) is 9.69 Å². The quantitative estimate of drug-likeness (QED) is 0.671. The van der Waals surface area contributed by atoms with E-state index in [1.54, 1.807) is 0 Å². The molecular formula is C26H34N2O3. The lowest BCUT2D eigenvalue weighted by molar-refractivity contribution is -0.160. The van der Waals surface area contributed by atoms with Gasteiger partial charge < -0.3 is 14.4 Å². The minimum atomic E-state index is -0.199. The highest BCUT2D eigenvalue weighted by Crippen LogP contribution is 2.38. The van der Waals surface area contributed by atoms with Gasteiger partial charge in [-0.05, 0) is 56.4 Å². The van der Waals surface area contributed by atoms with E-state index in [9.17, 15) is 4.79 Å². The molecule has 0 aliphatic carbocycles. The molecule has 2 aliphatic rings. The number of rotatable bonds is 7. The Morgan fingerprint density at radius 2 is 2.03 bits per heavy atom. The molecule has 5 nitrogen and oxygen atoms in total. The Balaban J connectivity index is 1.42. The standard InChI is InChI=1S/C26H34N2O3/c1-3-28(23-12-7-9-21(2)17-23)25(29)19-27-15-14-26(13-8-16-31-26)24(18-27)30-20-22-10-5-4-6-11-22/h4-7,9-12,17,24H,3,8,13-16,18-20H2,1-2H3/t24-,26+/m1/s1. The highest BCUT2D eigenvalue weighted by molar-refractivity contribution is 5.94. The molecule has 5 heteroatoms. The highest BCUT2D eigenvalue weighted by Gasteiger charge is 2.47. The van der Waals surface area contributed by atoms with Crippen molar-refractivity contribution in [2.75, 3.05) is 37.7 Å². The minimum absolute atomic E-state index is 0.0224. The van der Waals surface area contributed by atoms with Crippen LogP contribution in [-0.4, -0.2) is 55.3 Å². The van der Waals surface area contributed by atoms with E-state index in [0.717, 1.165) is 50.2 Å². The molecule has 1 spiro atoms. The maximum atomic E-state index is 13.2. The van der Waals surface area contributed by atoms with Gasteiger partial charge in [0.05, 0.1) is 24.9 Å². The second kappa shape index (κ2) is 9.94. The third-order valence-electron chi connectivity index (χ3n) is 6.58. The lowest BCUT2D eigenvalue weighted by Gasteiger charge is -2.45. The Morgan fingerprint density at radius 1 is 1.19 bits per heavy atom. The molecule has 31 heavy (non-hydrogen) atoms. The number of hydrogen-bond acceptors (Lipinski definition) is 4. The van der Waals surface area contributed by atoms with Gasteiger partial charge in [-0.25, -0.2) is 0 Å². The van der Waals surface area contributed by atoms with E-state index >= 15 is 0 Å². The molecule has 2 saturated heterocycles. The van der Waals surface area contributed by atoms with Crippen LogP contribution in [0, 0.1) is 6.92 Å². The largest absolute Gasteiger partial charge is 0.372 e. The monoisotopic (exact) mass is 422 g/mol. The lowest BCUT2D eigenvalue weighted by Crippen LogP contribution is -2.57. The fourth-order valence-electron chi connectivity index (χ4n) is 4.87. The number of likely N-dealkylation sites (N-methyl/N-ethyl adjacent to an activating group) is 1. The maximum absolute atomic E-state index is 13.2. The number of ether oxygens (including phenoxy) is 2. The van der Waals surface area contributed by atoms with Crippen molar-refractivity contribution in [3.8, 4) is 0 Å². The maximum Gasteiger partial charge on any atom is 0.241 e. The summed E-state index contributed by atoms with van der Waals surface area (Å²) in [4.78, 5) is 17.3. The zero-order chi connectivity index (χ0) is 21.7. The van der Waals surface area contributed by atoms with Crippen molar-refractivity contribution in [2.24, 2.45) is 0 Å². The van der Waals surface area contributed by atoms with Crippen LogP contribution in [0.25, 0.3) is 0 Å². The average Bonchev–Trinajstić information content (AvgIpc) is 3.25. The van der Waals surface area contributed by atoms with Crippen LogP contribution in [0.1, 0.15) is 37.3 Å². The molecule has 2 fully saturated rings. The number of carbonyl (C=O) groups excluding carboxylic acids is 1. The molecule has 2 aliphatic heterocycles. The first-order valence-electron chi connectivity index (χ1n) is 11.5. The van der Waals surface area contributed by atoms with E-state index in [2.05, 4.69) is 36.1 Å². The topological polar surface area (TPSA) is 42.0 Å². The molecule has 0 unspecified atom stereocenters. The van der Waals surface area contributed by atoms with Crippen LogP contribution in [-0.2, 0) is 20.9 Å². The lowest BCUT2D eigenvalue weighted by atomic mass is 9.85. The summed E-state index contributed by atoms with van der Waals surface area (Å²) in [7, 11) is 0. The normalized spacial score (nSPS) is 23.9. The molecule has 2 aromatic carbocycles. The van der Waals surface area contributed by atoms with Crippen molar-refractivity contribution in [1.82, 2.24) is 4.90 Å². The molecule has 0 saturated carbocycles. The highest BCUT2D eigenvalue weighted by atomic mass is 16.6. The Bertz CT molecular complexity index is 864. The number of anilines is 1. The average molecular weight is 423 g/mol. The number of piperidine rings is 1. The van der Waals surface area contributed by atoms with E-state index in [-0.39, 0.29) is 17.6 Å². The number of likely N-dealkylation sites (tertiary alicyclic amines) is 1. The van der Waals surface area contributed by atoms with E-state index in [4.69, 9.17) is 9.47 Å². The summed E-state index contributed by atoms with van der Waals surface area (Å²) >= 11 is 0. The van der Waals surface area contributed by atoms with Crippen molar-refractivity contribution in [1.29, 1.82) is 0 Å². The van der Waals surface area contributed by atoms with E-state index in [1.165, 1.54) is 5.56 Å². The Hall–Kier alpha value is -2.21. The van der Waals surface area contributed by atoms with Crippen LogP contribution >= 0.6 is 0 Å². The van der Waals surface area contributed by atoms with Gasteiger partial charge in [0.1, 0.15) is 0 Å². The van der Waals surface area contributed by atoms with Gasteiger partial charge in [0.2, 0.25) is 5.91 Å². The van der Waals surface area contributed by atoms with Crippen molar-refractivity contribution in [2.45, 2.75) is 51.4 Å². The second-order valence-electron chi connectivity index (χ2n) is 8.76. The summed E-state index contributed by atoms with van der Waals surface area (Å²) in [5.74, 6) is 0.137. The fraction of sp³-hybridized carbons (Fsp3) is 0.500. The summed E-state index contributed by atoms with van der Waals surface area (Å²) in [5.41, 5.74) is 3.10. The first-order valence-corrected chi connectivity index (χ1v) is 11.5. The van der Waals surface area contributed by atoms with Gasteiger partial charge in [-0.1, -0.05) is 42.5 Å². The number of carbonyl (C=O) groups is 1. The van der Waals surface area contributed by atoms with Crippen LogP contribution in [0.3, 0.4) is 0 Å². The fourth-order valence-corrected chi connectivity index (χ4v) is 4.87.